The van der Waals surface area contributed by atoms with Gasteiger partial charge in [-0.15, -0.1) is 0 Å². The van der Waals surface area contributed by atoms with Gasteiger partial charge in [0, 0.05) is 39.2 Å². The minimum Gasteiger partial charge on any atom is -0.493 e. The molecule has 0 fully saturated rings. The van der Waals surface area contributed by atoms with Crippen molar-refractivity contribution in [2.24, 2.45) is 0 Å². The van der Waals surface area contributed by atoms with Gasteiger partial charge in [0.2, 0.25) is 0 Å². The average Bonchev–Trinajstić information content (AvgIpc) is 3.62. The number of rotatable bonds is 27. The fraction of sp³-hybridized carbons (Fsp3) is 0.414. The molecule has 0 bridgehead atoms. The van der Waals surface area contributed by atoms with E-state index < -0.39 is 6.04 Å². The Morgan fingerprint density at radius 3 is 1.00 bits per heavy atom. The lowest BCUT2D eigenvalue weighted by atomic mass is 9.95. The van der Waals surface area contributed by atoms with Crippen LogP contribution in [0, 0.1) is 0 Å². The third kappa shape index (κ3) is 11.3. The van der Waals surface area contributed by atoms with E-state index in [0.717, 1.165) is 90.8 Å². The van der Waals surface area contributed by atoms with Gasteiger partial charge in [0.15, 0.2) is 0 Å². The zero-order chi connectivity index (χ0) is 44.6. The normalized spacial score (nSPS) is 13.1. The summed E-state index contributed by atoms with van der Waals surface area (Å²) in [6, 6.07) is 39.1. The molecule has 6 aromatic carbocycles. The number of hydrogen-bond donors (Lipinski definition) is 0. The molecule has 0 amide bonds. The van der Waals surface area contributed by atoms with Crippen molar-refractivity contribution in [2.45, 2.75) is 130 Å². The van der Waals surface area contributed by atoms with Crippen molar-refractivity contribution in [3.63, 3.8) is 0 Å². The maximum absolute atomic E-state index is 7.56. The third-order valence-corrected chi connectivity index (χ3v) is 17.5. The lowest BCUT2D eigenvalue weighted by Crippen LogP contribution is -2.27. The van der Waals surface area contributed by atoms with E-state index in [-0.39, 0.29) is 0 Å². The van der Waals surface area contributed by atoms with E-state index in [0.29, 0.717) is 26.4 Å². The van der Waals surface area contributed by atoms with Crippen molar-refractivity contribution in [3.05, 3.63) is 137 Å². The molecule has 6 aromatic rings. The van der Waals surface area contributed by atoms with Gasteiger partial charge < -0.3 is 18.9 Å². The van der Waals surface area contributed by atoms with Crippen molar-refractivity contribution >= 4 is 55.3 Å². The molecule has 0 spiro atoms. The quantitative estimate of drug-likeness (QED) is 0.0293. The summed E-state index contributed by atoms with van der Waals surface area (Å²) in [5, 5.41) is 10.8. The Labute approximate surface area is 389 Å². The molecule has 0 saturated carbocycles. The summed E-state index contributed by atoms with van der Waals surface area (Å²) in [6.07, 6.45) is 18.3. The molecule has 0 atom stereocenters. The van der Waals surface area contributed by atoms with Crippen LogP contribution in [-0.2, 0) is 11.8 Å². The van der Waals surface area contributed by atoms with E-state index in [9.17, 15) is 0 Å². The summed E-state index contributed by atoms with van der Waals surface area (Å²) in [5.41, 5.74) is 2.13. The first kappa shape index (κ1) is 47.4. The molecule has 64 heavy (non-hydrogen) atoms. The monoisotopic (exact) mass is 894 g/mol. The van der Waals surface area contributed by atoms with E-state index in [4.69, 9.17) is 30.8 Å². The molecule has 0 radical (unpaired) electrons. The van der Waals surface area contributed by atoms with Gasteiger partial charge in [-0.05, 0) is 87.9 Å². The molecule has 338 valence electrons. The maximum Gasteiger partial charge on any atom is 0.123 e. The van der Waals surface area contributed by atoms with E-state index in [2.05, 4.69) is 143 Å². The number of hydrogen-bond acceptors (Lipinski definition) is 5. The summed E-state index contributed by atoms with van der Waals surface area (Å²) in [4.78, 5) is 0. The van der Waals surface area contributed by atoms with Gasteiger partial charge in [-0.1, -0.05) is 195 Å². The molecular formula is C58H71O4PS. The predicted octanol–water partition coefficient (Wildman–Crippen LogP) is 15.0. The highest BCUT2D eigenvalue weighted by Crippen LogP contribution is 2.68. The largest absolute Gasteiger partial charge is 0.493 e. The first-order valence-corrected chi connectivity index (χ1v) is 27.5. The first-order valence-electron chi connectivity index (χ1n) is 24.7. The number of unbranched alkanes of at least 4 members (excludes halogenated alkanes) is 12. The highest BCUT2D eigenvalue weighted by atomic mass is 32.4. The second-order valence-corrected chi connectivity index (χ2v) is 21.8. The van der Waals surface area contributed by atoms with Gasteiger partial charge in [-0.25, -0.2) is 0 Å². The summed E-state index contributed by atoms with van der Waals surface area (Å²) in [5.74, 6) is 3.32. The fourth-order valence-corrected chi connectivity index (χ4v) is 14.2. The zero-order valence-electron chi connectivity index (χ0n) is 39.1. The highest BCUT2D eigenvalue weighted by Gasteiger charge is 2.39. The van der Waals surface area contributed by atoms with Crippen LogP contribution in [0.1, 0.15) is 142 Å². The van der Waals surface area contributed by atoms with Crippen molar-refractivity contribution in [1.29, 1.82) is 0 Å². The van der Waals surface area contributed by atoms with Crippen LogP contribution in [0.15, 0.2) is 115 Å². The van der Waals surface area contributed by atoms with Crippen molar-refractivity contribution in [2.75, 3.05) is 26.4 Å². The number of ether oxygens (including phenoxy) is 4. The Bertz CT molecular complexity index is 2400. The second-order valence-electron chi connectivity index (χ2n) is 17.5. The first-order chi connectivity index (χ1) is 31.5. The van der Waals surface area contributed by atoms with Gasteiger partial charge in [-0.3, -0.25) is 0 Å². The minimum atomic E-state index is -2.87. The van der Waals surface area contributed by atoms with Crippen LogP contribution in [-0.4, -0.2) is 26.4 Å². The van der Waals surface area contributed by atoms with Crippen LogP contribution in [0.2, 0.25) is 0 Å². The van der Waals surface area contributed by atoms with Crippen LogP contribution >= 0.6 is 6.04 Å². The maximum atomic E-state index is 7.56. The van der Waals surface area contributed by atoms with E-state index in [1.165, 1.54) is 94.0 Å². The average molecular weight is 895 g/mol. The molecule has 0 saturated heterocycles. The lowest BCUT2D eigenvalue weighted by molar-refractivity contribution is 0.290. The molecule has 0 N–H and O–H groups in total. The van der Waals surface area contributed by atoms with E-state index >= 15 is 0 Å². The topological polar surface area (TPSA) is 36.9 Å². The molecule has 1 aliphatic heterocycles. The van der Waals surface area contributed by atoms with Gasteiger partial charge >= 0.3 is 0 Å². The van der Waals surface area contributed by atoms with Gasteiger partial charge in [0.05, 0.1) is 26.4 Å². The second kappa shape index (κ2) is 24.1. The van der Waals surface area contributed by atoms with Crippen molar-refractivity contribution in [3.8, 4) is 23.0 Å². The summed E-state index contributed by atoms with van der Waals surface area (Å²) >= 11 is 7.56. The Morgan fingerprint density at radius 2 is 0.672 bits per heavy atom. The van der Waals surface area contributed by atoms with Gasteiger partial charge in [-0.2, -0.15) is 0 Å². The van der Waals surface area contributed by atoms with Crippen LogP contribution in [0.4, 0.5) is 0 Å². The fourth-order valence-electron chi connectivity index (χ4n) is 9.23. The molecular weight excluding hydrogens is 824 g/mol. The predicted molar refractivity (Wildman–Crippen MR) is 278 cm³/mol. The summed E-state index contributed by atoms with van der Waals surface area (Å²) in [7, 11) is 0. The minimum absolute atomic E-state index is 0.662. The molecule has 1 heterocycles. The third-order valence-electron chi connectivity index (χ3n) is 12.5. The Kier molecular flexibility index (Phi) is 17.8. The van der Waals surface area contributed by atoms with Crippen LogP contribution in [0.25, 0.3) is 32.2 Å². The molecule has 0 aliphatic carbocycles. The van der Waals surface area contributed by atoms with Gasteiger partial charge in [0.25, 0.3) is 0 Å². The smallest absolute Gasteiger partial charge is 0.123 e. The van der Waals surface area contributed by atoms with Crippen molar-refractivity contribution in [1.82, 2.24) is 0 Å². The molecule has 1 aliphatic rings. The molecule has 4 nitrogen and oxygen atoms in total. The Morgan fingerprint density at radius 1 is 0.359 bits per heavy atom. The highest BCUT2D eigenvalue weighted by molar-refractivity contribution is 8.28. The molecule has 0 aromatic heterocycles. The number of fused-ring (bicyclic) bond motifs is 6. The Balaban J connectivity index is 1.53. The molecule has 0 unspecified atom stereocenters. The zero-order valence-corrected chi connectivity index (χ0v) is 40.8. The summed E-state index contributed by atoms with van der Waals surface area (Å²) < 4.78 is 26.7. The van der Waals surface area contributed by atoms with Crippen LogP contribution in [0.5, 0.6) is 23.0 Å². The van der Waals surface area contributed by atoms with Crippen LogP contribution < -0.4 is 34.7 Å². The summed E-state index contributed by atoms with van der Waals surface area (Å²) in [6.45, 7) is 11.7. The molecule has 7 rings (SSSR count). The lowest BCUT2D eigenvalue weighted by Gasteiger charge is -2.27. The van der Waals surface area contributed by atoms with E-state index in [1.807, 2.05) is 0 Å². The van der Waals surface area contributed by atoms with E-state index in [1.54, 1.807) is 0 Å². The number of benzene rings is 6. The molecule has 6 heteroatoms. The standard InChI is InChI=1S/C58H71O4PS/c1-5-9-13-24-34-59-46-38-44(39-47(42-46)60-35-25-14-10-6-2)57-55-53-32-22-20-30-51(53)52-31-21-23-33-54(52)56(55)58(63(57,64)50-28-18-17-19-29-50)45-40-48(61-36-26-15-11-7-3)43-49(41-45)62-37-27-16-12-8-4/h17-23,28-33,38-43H,5-16,24-27,34-37H2,1-4H3. The SMILES string of the molecule is CCCCCCOc1cc(OCCCCCC)cc(C2=c3c(c4ccccc4c4ccccc34)=C(c3cc(OCCCCCC)cc(OCCCCCC)c3)P2(=S)c2ccccc2)c1. The van der Waals surface area contributed by atoms with Crippen LogP contribution in [0.3, 0.4) is 0 Å². The van der Waals surface area contributed by atoms with Crippen molar-refractivity contribution < 1.29 is 18.9 Å². The Hall–Kier alpha value is -4.57. The van der Waals surface area contributed by atoms with Gasteiger partial charge in [0.1, 0.15) is 23.0 Å².